The Morgan fingerprint density at radius 2 is 2.24 bits per heavy atom. The van der Waals surface area contributed by atoms with Crippen LogP contribution >= 0.6 is 0 Å². The van der Waals surface area contributed by atoms with Crippen molar-refractivity contribution in [2.24, 2.45) is 0 Å². The molecule has 0 aromatic carbocycles. The van der Waals surface area contributed by atoms with Crippen LogP contribution in [0.15, 0.2) is 24.0 Å². The number of aliphatic hydroxyl groups is 2. The van der Waals surface area contributed by atoms with Gasteiger partial charge in [-0.05, 0) is 24.6 Å². The number of esters is 1. The summed E-state index contributed by atoms with van der Waals surface area (Å²) in [6.45, 7) is 2.45. The molecule has 0 heterocycles. The van der Waals surface area contributed by atoms with Gasteiger partial charge in [0, 0.05) is 6.42 Å². The molecule has 0 aromatic heterocycles. The zero-order chi connectivity index (χ0) is 12.7. The van der Waals surface area contributed by atoms with Gasteiger partial charge in [-0.3, -0.25) is 0 Å². The lowest BCUT2D eigenvalue weighted by Crippen LogP contribution is -2.39. The lowest BCUT2D eigenvalue weighted by Gasteiger charge is -2.23. The second kappa shape index (κ2) is 6.45. The second-order valence-corrected chi connectivity index (χ2v) is 4.29. The van der Waals surface area contributed by atoms with Crippen molar-refractivity contribution in [1.82, 2.24) is 0 Å². The predicted octanol–water partition coefficient (Wildman–Crippen LogP) is 2.24. The number of aliphatic hydroxyl groups excluding tert-OH is 1. The molecular formula is C13H20O4. The average molecular weight is 240 g/mol. The molecule has 96 valence electrons. The molecule has 0 aromatic rings. The lowest BCUT2D eigenvalue weighted by molar-refractivity contribution is -0.160. The van der Waals surface area contributed by atoms with Gasteiger partial charge in [0.25, 0.3) is 0 Å². The number of allylic oxidation sites excluding steroid dienone is 1. The number of hydrogen-bond acceptors (Lipinski definition) is 4. The van der Waals surface area contributed by atoms with Crippen LogP contribution in [0.2, 0.25) is 0 Å². The van der Waals surface area contributed by atoms with E-state index in [1.807, 2.05) is 0 Å². The van der Waals surface area contributed by atoms with E-state index in [0.717, 1.165) is 25.7 Å². The number of carbonyl (C=O) groups excluding carboxylic acids is 1. The zero-order valence-corrected chi connectivity index (χ0v) is 10.2. The third-order valence-electron chi connectivity index (χ3n) is 2.74. The molecule has 1 atom stereocenters. The standard InChI is InChI=1S/C13H20O4/c1-2-3-4-5-10-17-12(15)13(16)8-6-11(14)7-9-13/h6-8,14,16H,2-5,9-10H2,1H3. The van der Waals surface area contributed by atoms with Crippen LogP contribution < -0.4 is 0 Å². The van der Waals surface area contributed by atoms with Crippen LogP contribution in [0, 0.1) is 0 Å². The molecule has 4 nitrogen and oxygen atoms in total. The smallest absolute Gasteiger partial charge is 0.342 e. The van der Waals surface area contributed by atoms with Crippen LogP contribution in [-0.2, 0) is 9.53 Å². The maximum absolute atomic E-state index is 11.6. The van der Waals surface area contributed by atoms with E-state index >= 15 is 0 Å². The maximum Gasteiger partial charge on any atom is 0.342 e. The van der Waals surface area contributed by atoms with E-state index in [1.165, 1.54) is 18.2 Å². The monoisotopic (exact) mass is 240 g/mol. The summed E-state index contributed by atoms with van der Waals surface area (Å²) in [7, 11) is 0. The van der Waals surface area contributed by atoms with Crippen molar-refractivity contribution < 1.29 is 19.7 Å². The Morgan fingerprint density at radius 3 is 2.82 bits per heavy atom. The quantitative estimate of drug-likeness (QED) is 0.552. The van der Waals surface area contributed by atoms with Crippen molar-refractivity contribution >= 4 is 5.97 Å². The summed E-state index contributed by atoms with van der Waals surface area (Å²) in [5.74, 6) is -0.584. The molecule has 0 saturated heterocycles. The van der Waals surface area contributed by atoms with Gasteiger partial charge in [-0.15, -0.1) is 0 Å². The first kappa shape index (κ1) is 13.8. The molecule has 1 aliphatic carbocycles. The fraction of sp³-hybridized carbons (Fsp3) is 0.615. The predicted molar refractivity (Wildman–Crippen MR) is 64.5 cm³/mol. The van der Waals surface area contributed by atoms with Gasteiger partial charge in [0.05, 0.1) is 6.61 Å². The number of hydrogen-bond donors (Lipinski definition) is 2. The van der Waals surface area contributed by atoms with E-state index in [1.54, 1.807) is 0 Å². The van der Waals surface area contributed by atoms with Gasteiger partial charge in [-0.25, -0.2) is 4.79 Å². The summed E-state index contributed by atoms with van der Waals surface area (Å²) in [5.41, 5.74) is -1.61. The highest BCUT2D eigenvalue weighted by molar-refractivity contribution is 5.82. The Hall–Kier alpha value is -1.29. The lowest BCUT2D eigenvalue weighted by atomic mass is 9.95. The summed E-state index contributed by atoms with van der Waals surface area (Å²) >= 11 is 0. The van der Waals surface area contributed by atoms with E-state index < -0.39 is 11.6 Å². The van der Waals surface area contributed by atoms with Crippen LogP contribution in [0.25, 0.3) is 0 Å². The minimum atomic E-state index is -1.61. The maximum atomic E-state index is 11.6. The van der Waals surface area contributed by atoms with Crippen molar-refractivity contribution in [3.8, 4) is 0 Å². The van der Waals surface area contributed by atoms with E-state index in [0.29, 0.717) is 6.61 Å². The Bertz CT molecular complexity index is 319. The molecule has 0 bridgehead atoms. The molecule has 4 heteroatoms. The van der Waals surface area contributed by atoms with Crippen LogP contribution in [0.3, 0.4) is 0 Å². The zero-order valence-electron chi connectivity index (χ0n) is 10.2. The summed E-state index contributed by atoms with van der Waals surface area (Å²) in [4.78, 5) is 11.6. The SMILES string of the molecule is CCCCCCOC(=O)C1(O)C=CC(O)=CC1. The van der Waals surface area contributed by atoms with Crippen LogP contribution in [-0.4, -0.2) is 28.4 Å². The number of ether oxygens (including phenoxy) is 1. The molecule has 1 aliphatic rings. The first-order valence-electron chi connectivity index (χ1n) is 6.06. The molecule has 0 spiro atoms. The van der Waals surface area contributed by atoms with E-state index in [4.69, 9.17) is 9.84 Å². The molecule has 0 radical (unpaired) electrons. The third kappa shape index (κ3) is 4.23. The first-order valence-corrected chi connectivity index (χ1v) is 6.06. The van der Waals surface area contributed by atoms with Crippen LogP contribution in [0.5, 0.6) is 0 Å². The van der Waals surface area contributed by atoms with Crippen molar-refractivity contribution in [3.05, 3.63) is 24.0 Å². The van der Waals surface area contributed by atoms with Crippen molar-refractivity contribution in [2.45, 2.75) is 44.6 Å². The third-order valence-corrected chi connectivity index (χ3v) is 2.74. The Kier molecular flexibility index (Phi) is 5.22. The van der Waals surface area contributed by atoms with E-state index in [-0.39, 0.29) is 12.2 Å². The molecule has 0 saturated carbocycles. The average Bonchev–Trinajstić information content (AvgIpc) is 2.32. The fourth-order valence-corrected chi connectivity index (χ4v) is 1.59. The van der Waals surface area contributed by atoms with E-state index in [9.17, 15) is 9.90 Å². The summed E-state index contributed by atoms with van der Waals surface area (Å²) in [6, 6.07) is 0. The molecule has 1 rings (SSSR count). The van der Waals surface area contributed by atoms with Gasteiger partial charge in [-0.1, -0.05) is 26.2 Å². The first-order chi connectivity index (χ1) is 8.08. The molecule has 17 heavy (non-hydrogen) atoms. The number of unbranched alkanes of at least 4 members (excludes halogenated alkanes) is 3. The van der Waals surface area contributed by atoms with E-state index in [2.05, 4.69) is 6.92 Å². The van der Waals surface area contributed by atoms with Crippen molar-refractivity contribution in [2.75, 3.05) is 6.61 Å². The van der Waals surface area contributed by atoms with Gasteiger partial charge in [0.2, 0.25) is 0 Å². The topological polar surface area (TPSA) is 66.8 Å². The van der Waals surface area contributed by atoms with Gasteiger partial charge in [0.1, 0.15) is 5.76 Å². The molecular weight excluding hydrogens is 220 g/mol. The highest BCUT2D eigenvalue weighted by Gasteiger charge is 2.35. The molecule has 0 aliphatic heterocycles. The fourth-order valence-electron chi connectivity index (χ4n) is 1.59. The van der Waals surface area contributed by atoms with Crippen molar-refractivity contribution in [3.63, 3.8) is 0 Å². The Balaban J connectivity index is 2.30. The van der Waals surface area contributed by atoms with Crippen molar-refractivity contribution in [1.29, 1.82) is 0 Å². The van der Waals surface area contributed by atoms with Gasteiger partial charge in [-0.2, -0.15) is 0 Å². The minimum Gasteiger partial charge on any atom is -0.508 e. The largest absolute Gasteiger partial charge is 0.508 e. The summed E-state index contributed by atoms with van der Waals surface area (Å²) in [6.07, 6.45) is 8.14. The molecule has 2 N–H and O–H groups in total. The second-order valence-electron chi connectivity index (χ2n) is 4.29. The highest BCUT2D eigenvalue weighted by Crippen LogP contribution is 2.21. The summed E-state index contributed by atoms with van der Waals surface area (Å²) < 4.78 is 5.02. The highest BCUT2D eigenvalue weighted by atomic mass is 16.5. The summed E-state index contributed by atoms with van der Waals surface area (Å²) in [5, 5.41) is 19.1. The Morgan fingerprint density at radius 1 is 1.47 bits per heavy atom. The number of rotatable bonds is 6. The Labute approximate surface area is 102 Å². The van der Waals surface area contributed by atoms with Crippen LogP contribution in [0.4, 0.5) is 0 Å². The molecule has 0 fully saturated rings. The number of carbonyl (C=O) groups is 1. The van der Waals surface area contributed by atoms with Crippen LogP contribution in [0.1, 0.15) is 39.0 Å². The molecule has 0 amide bonds. The minimum absolute atomic E-state index is 0.0587. The van der Waals surface area contributed by atoms with Gasteiger partial charge < -0.3 is 14.9 Å². The van der Waals surface area contributed by atoms with Gasteiger partial charge >= 0.3 is 5.97 Å². The molecule has 1 unspecified atom stereocenters. The normalized spacial score (nSPS) is 23.3. The van der Waals surface area contributed by atoms with Gasteiger partial charge in [0.15, 0.2) is 5.60 Å².